The smallest absolute Gasteiger partial charge is 0.302 e. The molecule has 0 aromatic carbocycles. The Balaban J connectivity index is 2.83. The van der Waals surface area contributed by atoms with Gasteiger partial charge in [0, 0.05) is 31.7 Å². The molecular weight excluding hydrogens is 484 g/mol. The Morgan fingerprint density at radius 3 is 2.63 bits per heavy atom. The molecule has 1 fully saturated rings. The first-order valence-corrected chi connectivity index (χ1v) is 10.6. The van der Waals surface area contributed by atoms with Gasteiger partial charge in [0.25, 0.3) is 0 Å². The van der Waals surface area contributed by atoms with Gasteiger partial charge in [0.15, 0.2) is 0 Å². The van der Waals surface area contributed by atoms with E-state index in [4.69, 9.17) is 18.9 Å². The summed E-state index contributed by atoms with van der Waals surface area (Å²) in [5.74, 6) is -0.764. The number of halogens is 2. The normalized spacial score (nSPS) is 24.0. The Bertz CT molecular complexity index is 571. The van der Waals surface area contributed by atoms with Gasteiger partial charge in [0.05, 0.1) is 4.83 Å². The van der Waals surface area contributed by atoms with E-state index in [-0.39, 0.29) is 10.8 Å². The van der Waals surface area contributed by atoms with Crippen LogP contribution < -0.4 is 0 Å². The average molecular weight is 510 g/mol. The van der Waals surface area contributed by atoms with E-state index in [2.05, 4.69) is 50.6 Å². The van der Waals surface area contributed by atoms with Crippen LogP contribution in [0.3, 0.4) is 0 Å². The largest absolute Gasteiger partial charge is 0.464 e. The van der Waals surface area contributed by atoms with Crippen LogP contribution in [0.25, 0.3) is 0 Å². The van der Waals surface area contributed by atoms with Gasteiger partial charge < -0.3 is 18.9 Å². The van der Waals surface area contributed by atoms with Crippen molar-refractivity contribution in [2.45, 2.75) is 75.9 Å². The molecule has 1 saturated heterocycles. The summed E-state index contributed by atoms with van der Waals surface area (Å²) in [6.45, 7) is 4.78. The predicted octanol–water partition coefficient (Wildman–Crippen LogP) is 4.51. The summed E-state index contributed by atoms with van der Waals surface area (Å²) in [7, 11) is 0. The Kier molecular flexibility index (Phi) is 11.7. The number of carbonyl (C=O) groups is 2. The van der Waals surface area contributed by atoms with Crippen LogP contribution in [0.4, 0.5) is 0 Å². The van der Waals surface area contributed by atoms with Crippen LogP contribution >= 0.6 is 31.9 Å². The third-order valence-corrected chi connectivity index (χ3v) is 5.01. The summed E-state index contributed by atoms with van der Waals surface area (Å²) < 4.78 is 22.2. The molecular formula is C19H26Br2O6. The highest BCUT2D eigenvalue weighted by Crippen LogP contribution is 2.30. The molecule has 1 aliphatic heterocycles. The number of hydrogen-bond donors (Lipinski definition) is 0. The van der Waals surface area contributed by atoms with Crippen LogP contribution in [-0.2, 0) is 28.5 Å². The molecule has 27 heavy (non-hydrogen) atoms. The molecule has 0 unspecified atom stereocenters. The van der Waals surface area contributed by atoms with Gasteiger partial charge in [-0.1, -0.05) is 56.7 Å². The first-order chi connectivity index (χ1) is 12.9. The number of allylic oxidation sites excluding steroid dienone is 2. The van der Waals surface area contributed by atoms with Crippen LogP contribution in [-0.4, -0.2) is 41.4 Å². The summed E-state index contributed by atoms with van der Waals surface area (Å²) in [6, 6.07) is 0. The highest BCUT2D eigenvalue weighted by Gasteiger charge is 2.41. The van der Waals surface area contributed by atoms with Gasteiger partial charge in [0.1, 0.15) is 24.6 Å². The molecule has 0 aromatic rings. The van der Waals surface area contributed by atoms with E-state index in [9.17, 15) is 9.59 Å². The Morgan fingerprint density at radius 1 is 1.30 bits per heavy atom. The highest BCUT2D eigenvalue weighted by molar-refractivity contribution is 9.11. The number of carbonyl (C=O) groups excluding carboxylic acids is 2. The number of alkyl halides is 1. The monoisotopic (exact) mass is 508 g/mol. The summed E-state index contributed by atoms with van der Waals surface area (Å²) in [4.78, 5) is 24.4. The van der Waals surface area contributed by atoms with Gasteiger partial charge in [-0.2, -0.15) is 0 Å². The van der Waals surface area contributed by atoms with Gasteiger partial charge in [-0.05, 0) is 12.8 Å². The number of hydrogen-bond acceptors (Lipinski definition) is 6. The molecule has 0 spiro atoms. The second-order valence-electron chi connectivity index (χ2n) is 6.03. The van der Waals surface area contributed by atoms with Crippen molar-refractivity contribution < 1.29 is 28.5 Å². The molecule has 152 valence electrons. The van der Waals surface area contributed by atoms with Gasteiger partial charge >= 0.3 is 11.9 Å². The third-order valence-electron chi connectivity index (χ3n) is 3.78. The fourth-order valence-corrected chi connectivity index (χ4v) is 3.36. The Labute approximate surface area is 177 Å². The Hall–Kier alpha value is -1.08. The van der Waals surface area contributed by atoms with E-state index >= 15 is 0 Å². The maximum Gasteiger partial charge on any atom is 0.302 e. The van der Waals surface area contributed by atoms with Crippen molar-refractivity contribution in [1.82, 2.24) is 0 Å². The topological polar surface area (TPSA) is 71.1 Å². The molecule has 8 heteroatoms. The van der Waals surface area contributed by atoms with Gasteiger partial charge in [-0.15, -0.1) is 0 Å². The molecule has 0 bridgehead atoms. The lowest BCUT2D eigenvalue weighted by Crippen LogP contribution is -2.35. The van der Waals surface area contributed by atoms with Crippen molar-refractivity contribution in [3.05, 3.63) is 29.1 Å². The van der Waals surface area contributed by atoms with E-state index in [0.29, 0.717) is 19.3 Å². The van der Waals surface area contributed by atoms with E-state index in [1.165, 1.54) is 25.1 Å². The van der Waals surface area contributed by atoms with Crippen molar-refractivity contribution in [1.29, 1.82) is 0 Å². The molecule has 6 nitrogen and oxygen atoms in total. The maximum absolute atomic E-state index is 11.5. The van der Waals surface area contributed by atoms with E-state index < -0.39 is 30.6 Å². The number of rotatable bonds is 10. The molecule has 0 aliphatic carbocycles. The van der Waals surface area contributed by atoms with Gasteiger partial charge in [-0.25, -0.2) is 0 Å². The molecule has 5 atom stereocenters. The van der Waals surface area contributed by atoms with Crippen LogP contribution in [0.1, 0.15) is 46.5 Å². The number of ether oxygens (including phenoxy) is 4. The fraction of sp³-hybridized carbons (Fsp3) is 0.632. The van der Waals surface area contributed by atoms with Crippen LogP contribution in [0.2, 0.25) is 0 Å². The lowest BCUT2D eigenvalue weighted by atomic mass is 10.0. The molecule has 0 saturated carbocycles. The van der Waals surface area contributed by atoms with Crippen molar-refractivity contribution >= 4 is 43.8 Å². The Morgan fingerprint density at radius 2 is 2.04 bits per heavy atom. The highest BCUT2D eigenvalue weighted by atomic mass is 79.9. The van der Waals surface area contributed by atoms with Crippen molar-refractivity contribution in [3.63, 3.8) is 0 Å². The summed E-state index contributed by atoms with van der Waals surface area (Å²) in [5.41, 5.74) is 2.73. The summed E-state index contributed by atoms with van der Waals surface area (Å²) in [5, 5.41) is 0. The van der Waals surface area contributed by atoms with Crippen LogP contribution in [0.5, 0.6) is 0 Å². The van der Waals surface area contributed by atoms with E-state index in [1.807, 2.05) is 6.08 Å². The molecule has 0 aromatic heterocycles. The standard InChI is InChI=1S/C19H26Br2O6/c1-4-5-6-8-15(21)16(25-13(2)22)11-17-18(26-14(3)23)12-19(27-17)24-10-7-9-20/h5-6,9-10,15-19H,4,8,11-12H2,1-3H3/b6-5+/t7?,15-,16-,17+,18+,19+/m0/s1. The lowest BCUT2D eigenvalue weighted by molar-refractivity contribution is -0.157. The zero-order chi connectivity index (χ0) is 20.2. The molecule has 1 aliphatic rings. The van der Waals surface area contributed by atoms with Crippen molar-refractivity contribution in [2.24, 2.45) is 0 Å². The van der Waals surface area contributed by atoms with Gasteiger partial charge in [-0.3, -0.25) is 9.59 Å². The fourth-order valence-electron chi connectivity index (χ4n) is 2.71. The van der Waals surface area contributed by atoms with Crippen molar-refractivity contribution in [2.75, 3.05) is 0 Å². The minimum absolute atomic E-state index is 0.0815. The predicted molar refractivity (Wildman–Crippen MR) is 108 cm³/mol. The minimum atomic E-state index is -0.564. The molecule has 1 heterocycles. The zero-order valence-corrected chi connectivity index (χ0v) is 18.9. The zero-order valence-electron chi connectivity index (χ0n) is 15.7. The summed E-state index contributed by atoms with van der Waals surface area (Å²) >= 11 is 6.69. The SMILES string of the molecule is CC/C=C/C[C@H](Br)[C@H](C[C@H]1O[C@@H](OC=C=CBr)C[C@H]1OC(C)=O)OC(C)=O. The average Bonchev–Trinajstić information content (AvgIpc) is 2.95. The second kappa shape index (κ2) is 13.2. The van der Waals surface area contributed by atoms with Crippen molar-refractivity contribution in [3.8, 4) is 0 Å². The molecule has 0 N–H and O–H groups in total. The van der Waals surface area contributed by atoms with E-state index in [0.717, 1.165) is 6.42 Å². The van der Waals surface area contributed by atoms with Gasteiger partial charge in [0.2, 0.25) is 6.29 Å². The summed E-state index contributed by atoms with van der Waals surface area (Å²) in [6.07, 6.45) is 5.97. The number of esters is 2. The molecule has 0 radical (unpaired) electrons. The first-order valence-electron chi connectivity index (χ1n) is 8.81. The second-order valence-corrected chi connectivity index (χ2v) is 7.67. The maximum atomic E-state index is 11.5. The van der Waals surface area contributed by atoms with Crippen LogP contribution in [0, 0.1) is 0 Å². The lowest BCUT2D eigenvalue weighted by Gasteiger charge is -2.26. The minimum Gasteiger partial charge on any atom is -0.464 e. The quantitative estimate of drug-likeness (QED) is 0.142. The van der Waals surface area contributed by atoms with E-state index in [1.54, 1.807) is 0 Å². The third kappa shape index (κ3) is 9.60. The first kappa shape index (κ1) is 24.0. The van der Waals surface area contributed by atoms with Crippen LogP contribution in [0.15, 0.2) is 29.1 Å². The molecule has 0 amide bonds. The molecule has 1 rings (SSSR count).